The third-order valence-electron chi connectivity index (χ3n) is 4.41. The zero-order valence-corrected chi connectivity index (χ0v) is 17.9. The van der Waals surface area contributed by atoms with Gasteiger partial charge in [0, 0.05) is 11.5 Å². The molecular weight excluding hydrogens is 392 g/mol. The van der Waals surface area contributed by atoms with Gasteiger partial charge in [-0.1, -0.05) is 35.5 Å². The van der Waals surface area contributed by atoms with Gasteiger partial charge in [0.15, 0.2) is 5.69 Å². The summed E-state index contributed by atoms with van der Waals surface area (Å²) < 4.78 is 12.1. The molecule has 156 valence electrons. The van der Waals surface area contributed by atoms with Gasteiger partial charge in [-0.3, -0.25) is 4.90 Å². The fourth-order valence-corrected chi connectivity index (χ4v) is 4.15. The van der Waals surface area contributed by atoms with Crippen LogP contribution >= 0.6 is 11.8 Å². The molecule has 1 aliphatic heterocycles. The number of benzene rings is 1. The highest BCUT2D eigenvalue weighted by Crippen LogP contribution is 2.25. The highest BCUT2D eigenvalue weighted by molar-refractivity contribution is 7.98. The Balaban J connectivity index is 1.77. The minimum absolute atomic E-state index is 0.127. The molecule has 0 spiro atoms. The number of thioether (sulfide) groups is 1. The fourth-order valence-electron chi connectivity index (χ4n) is 3.04. The maximum atomic E-state index is 12.9. The van der Waals surface area contributed by atoms with Crippen LogP contribution in [0.3, 0.4) is 0 Å². The second-order valence-electron chi connectivity index (χ2n) is 7.82. The molecule has 1 aromatic carbocycles. The predicted octanol–water partition coefficient (Wildman–Crippen LogP) is 3.12. The van der Waals surface area contributed by atoms with E-state index >= 15 is 0 Å². The van der Waals surface area contributed by atoms with E-state index in [0.717, 1.165) is 5.75 Å². The Morgan fingerprint density at radius 3 is 2.62 bits per heavy atom. The number of hydrogen-bond donors (Lipinski definition) is 0. The van der Waals surface area contributed by atoms with Gasteiger partial charge in [-0.25, -0.2) is 14.3 Å². The zero-order valence-electron chi connectivity index (χ0n) is 17.1. The molecule has 0 radical (unpaired) electrons. The summed E-state index contributed by atoms with van der Waals surface area (Å²) >= 11 is 1.74. The molecule has 0 fully saturated rings. The minimum Gasteiger partial charge on any atom is -0.464 e. The van der Waals surface area contributed by atoms with Gasteiger partial charge in [-0.05, 0) is 26.3 Å². The standard InChI is InChI=1S/C20H26N4O4S/c1-20(2,3)28-19(26)23-11-16-17(18(25)27-4)21-22-24(16)10-15(23)13-29-12-14-8-6-5-7-9-14/h5-9,15H,10-13H2,1-4H3. The number of carbonyl (C=O) groups excluding carboxylic acids is 2. The van der Waals surface area contributed by atoms with E-state index in [1.807, 2.05) is 39.0 Å². The largest absolute Gasteiger partial charge is 0.464 e. The van der Waals surface area contributed by atoms with Crippen LogP contribution in [0.15, 0.2) is 30.3 Å². The summed E-state index contributed by atoms with van der Waals surface area (Å²) in [5.74, 6) is 0.991. The number of carbonyl (C=O) groups is 2. The molecule has 1 atom stereocenters. The van der Waals surface area contributed by atoms with E-state index in [4.69, 9.17) is 9.47 Å². The second-order valence-corrected chi connectivity index (χ2v) is 8.85. The predicted molar refractivity (Wildman–Crippen MR) is 110 cm³/mol. The normalized spacial score (nSPS) is 16.3. The van der Waals surface area contributed by atoms with Crippen LogP contribution in [0.5, 0.6) is 0 Å². The van der Waals surface area contributed by atoms with Crippen LogP contribution in [0.4, 0.5) is 4.79 Å². The first kappa shape index (κ1) is 21.2. The van der Waals surface area contributed by atoms with Crippen molar-refractivity contribution in [1.29, 1.82) is 0 Å². The van der Waals surface area contributed by atoms with E-state index in [9.17, 15) is 9.59 Å². The van der Waals surface area contributed by atoms with Crippen molar-refractivity contribution in [2.24, 2.45) is 0 Å². The van der Waals surface area contributed by atoms with Crippen molar-refractivity contribution in [2.45, 2.75) is 51.3 Å². The molecule has 2 aromatic rings. The average Bonchev–Trinajstić information content (AvgIpc) is 3.09. The van der Waals surface area contributed by atoms with Gasteiger partial charge >= 0.3 is 12.1 Å². The van der Waals surface area contributed by atoms with Crippen molar-refractivity contribution in [1.82, 2.24) is 19.9 Å². The van der Waals surface area contributed by atoms with E-state index in [1.54, 1.807) is 21.3 Å². The Morgan fingerprint density at radius 2 is 1.97 bits per heavy atom. The molecule has 3 rings (SSSR count). The summed E-state index contributed by atoms with van der Waals surface area (Å²) in [7, 11) is 1.30. The molecule has 29 heavy (non-hydrogen) atoms. The number of hydrogen-bond acceptors (Lipinski definition) is 7. The van der Waals surface area contributed by atoms with Crippen LogP contribution in [0.1, 0.15) is 42.5 Å². The van der Waals surface area contributed by atoms with Crippen LogP contribution in [-0.2, 0) is 28.3 Å². The molecular formula is C20H26N4O4S. The van der Waals surface area contributed by atoms with Gasteiger partial charge in [0.2, 0.25) is 0 Å². The molecule has 2 heterocycles. The average molecular weight is 419 g/mol. The molecule has 0 bridgehead atoms. The van der Waals surface area contributed by atoms with Gasteiger partial charge in [0.05, 0.1) is 31.9 Å². The van der Waals surface area contributed by atoms with Crippen molar-refractivity contribution in [2.75, 3.05) is 12.9 Å². The second kappa shape index (κ2) is 8.86. The van der Waals surface area contributed by atoms with E-state index in [2.05, 4.69) is 22.4 Å². The zero-order chi connectivity index (χ0) is 21.0. The minimum atomic E-state index is -0.611. The third-order valence-corrected chi connectivity index (χ3v) is 5.57. The van der Waals surface area contributed by atoms with Gasteiger partial charge in [0.25, 0.3) is 0 Å². The van der Waals surface area contributed by atoms with E-state index in [0.29, 0.717) is 18.0 Å². The number of nitrogens with zero attached hydrogens (tertiary/aromatic N) is 4. The lowest BCUT2D eigenvalue weighted by molar-refractivity contribution is 0.00927. The maximum Gasteiger partial charge on any atom is 0.410 e. The van der Waals surface area contributed by atoms with Crippen molar-refractivity contribution in [3.8, 4) is 0 Å². The molecule has 0 N–H and O–H groups in total. The van der Waals surface area contributed by atoms with E-state index in [-0.39, 0.29) is 18.3 Å². The molecule has 0 saturated carbocycles. The summed E-state index contributed by atoms with van der Waals surface area (Å²) in [6.07, 6.45) is -0.411. The van der Waals surface area contributed by atoms with Crippen LogP contribution in [-0.4, -0.2) is 56.5 Å². The monoisotopic (exact) mass is 418 g/mol. The Morgan fingerprint density at radius 1 is 1.24 bits per heavy atom. The first-order chi connectivity index (χ1) is 13.8. The van der Waals surface area contributed by atoms with Crippen molar-refractivity contribution < 1.29 is 19.1 Å². The van der Waals surface area contributed by atoms with Gasteiger partial charge in [0.1, 0.15) is 5.60 Å². The molecule has 1 aliphatic rings. The number of rotatable bonds is 5. The third kappa shape index (κ3) is 5.29. The summed E-state index contributed by atoms with van der Waals surface area (Å²) in [6.45, 7) is 6.14. The van der Waals surface area contributed by atoms with Crippen molar-refractivity contribution >= 4 is 23.8 Å². The summed E-state index contributed by atoms with van der Waals surface area (Å²) in [5, 5.41) is 8.04. The summed E-state index contributed by atoms with van der Waals surface area (Å²) in [4.78, 5) is 26.5. The lowest BCUT2D eigenvalue weighted by atomic mass is 10.1. The molecule has 9 heteroatoms. The lowest BCUT2D eigenvalue weighted by Crippen LogP contribution is -2.49. The number of aromatic nitrogens is 3. The van der Waals surface area contributed by atoms with E-state index < -0.39 is 17.7 Å². The lowest BCUT2D eigenvalue weighted by Gasteiger charge is -2.36. The number of ether oxygens (including phenoxy) is 2. The number of fused-ring (bicyclic) bond motifs is 1. The summed E-state index contributed by atoms with van der Waals surface area (Å²) in [6, 6.07) is 10.1. The topological polar surface area (TPSA) is 86.5 Å². The number of esters is 1. The van der Waals surface area contributed by atoms with Crippen LogP contribution in [0, 0.1) is 0 Å². The van der Waals surface area contributed by atoms with Crippen molar-refractivity contribution in [3.05, 3.63) is 47.3 Å². The maximum absolute atomic E-state index is 12.9. The first-order valence-electron chi connectivity index (χ1n) is 9.40. The number of amides is 1. The fraction of sp³-hybridized carbons (Fsp3) is 0.500. The quantitative estimate of drug-likeness (QED) is 0.690. The molecule has 0 saturated heterocycles. The van der Waals surface area contributed by atoms with Gasteiger partial charge < -0.3 is 9.47 Å². The van der Waals surface area contributed by atoms with Gasteiger partial charge in [-0.2, -0.15) is 11.8 Å². The number of methoxy groups -OCH3 is 1. The molecule has 0 aliphatic carbocycles. The van der Waals surface area contributed by atoms with E-state index in [1.165, 1.54) is 12.7 Å². The Hall–Kier alpha value is -2.55. The smallest absolute Gasteiger partial charge is 0.410 e. The highest BCUT2D eigenvalue weighted by atomic mass is 32.2. The SMILES string of the molecule is COC(=O)c1nnn2c1CN(C(=O)OC(C)(C)C)C(CSCc1ccccc1)C2. The molecule has 1 unspecified atom stereocenters. The molecule has 1 aromatic heterocycles. The summed E-state index contributed by atoms with van der Waals surface area (Å²) in [5.41, 5.74) is 1.31. The van der Waals surface area contributed by atoms with Crippen molar-refractivity contribution in [3.63, 3.8) is 0 Å². The molecule has 1 amide bonds. The van der Waals surface area contributed by atoms with Crippen LogP contribution in [0.25, 0.3) is 0 Å². The Labute approximate surface area is 174 Å². The molecule has 8 nitrogen and oxygen atoms in total. The Kier molecular flexibility index (Phi) is 6.46. The van der Waals surface area contributed by atoms with Gasteiger partial charge in [-0.15, -0.1) is 5.10 Å². The Bertz CT molecular complexity index is 863. The van der Waals surface area contributed by atoms with Crippen LogP contribution in [0.2, 0.25) is 0 Å². The highest BCUT2D eigenvalue weighted by Gasteiger charge is 2.36. The first-order valence-corrected chi connectivity index (χ1v) is 10.6. The van der Waals surface area contributed by atoms with Crippen LogP contribution < -0.4 is 0 Å².